The summed E-state index contributed by atoms with van der Waals surface area (Å²) in [4.78, 5) is 73.4. The molecule has 0 aliphatic carbocycles. The average Bonchev–Trinajstić information content (AvgIpc) is 0.900. The molecule has 5 atom stereocenters. The van der Waals surface area contributed by atoms with Gasteiger partial charge in [-0.05, 0) is 43.4 Å². The predicted octanol–water partition coefficient (Wildman–Crippen LogP) is 27.3. The monoisotopic (exact) mass is 1580 g/mol. The number of hydrogen-bond donors (Lipinski definition) is 3. The summed E-state index contributed by atoms with van der Waals surface area (Å²) in [6.07, 6.45) is 70.8. The molecule has 108 heavy (non-hydrogen) atoms. The van der Waals surface area contributed by atoms with Gasteiger partial charge in [0, 0.05) is 25.7 Å². The normalized spacial score (nSPS) is 13.8. The van der Waals surface area contributed by atoms with Gasteiger partial charge in [0.1, 0.15) is 19.3 Å². The fourth-order valence-electron chi connectivity index (χ4n) is 13.9. The first kappa shape index (κ1) is 106. The largest absolute Gasteiger partial charge is 0.472 e. The number of aliphatic hydroxyl groups excluding tert-OH is 1. The minimum Gasteiger partial charge on any atom is -0.462 e. The van der Waals surface area contributed by atoms with Gasteiger partial charge in [-0.15, -0.1) is 0 Å². The minimum absolute atomic E-state index is 0.108. The number of phosphoric acid groups is 2. The predicted molar refractivity (Wildman–Crippen MR) is 446 cm³/mol. The third-order valence-electron chi connectivity index (χ3n) is 20.9. The van der Waals surface area contributed by atoms with E-state index in [-0.39, 0.29) is 25.7 Å². The van der Waals surface area contributed by atoms with Crippen LogP contribution in [0.15, 0.2) is 0 Å². The summed E-state index contributed by atoms with van der Waals surface area (Å²) >= 11 is 0. The van der Waals surface area contributed by atoms with Crippen molar-refractivity contribution in [3.05, 3.63) is 0 Å². The van der Waals surface area contributed by atoms with Crippen molar-refractivity contribution in [2.24, 2.45) is 17.8 Å². The summed E-state index contributed by atoms with van der Waals surface area (Å²) in [6, 6.07) is 0. The first-order chi connectivity index (χ1) is 52.2. The van der Waals surface area contributed by atoms with E-state index in [4.69, 9.17) is 37.0 Å². The molecule has 0 radical (unpaired) electrons. The molecule has 0 heterocycles. The second-order valence-corrected chi connectivity index (χ2v) is 36.3. The van der Waals surface area contributed by atoms with Crippen molar-refractivity contribution in [2.45, 2.75) is 491 Å². The Hall–Kier alpha value is -1.94. The summed E-state index contributed by atoms with van der Waals surface area (Å²) in [5.74, 6) is 0.266. The number of hydrogen-bond acceptors (Lipinski definition) is 15. The van der Waals surface area contributed by atoms with Crippen LogP contribution in [0, 0.1) is 17.8 Å². The zero-order valence-electron chi connectivity index (χ0n) is 71.3. The molecule has 0 bridgehead atoms. The summed E-state index contributed by atoms with van der Waals surface area (Å²) in [5, 5.41) is 10.7. The smallest absolute Gasteiger partial charge is 0.462 e. The Morgan fingerprint density at radius 1 is 0.250 bits per heavy atom. The number of carbonyl (C=O) groups is 4. The highest BCUT2D eigenvalue weighted by atomic mass is 31.2. The lowest BCUT2D eigenvalue weighted by Gasteiger charge is -2.21. The van der Waals surface area contributed by atoms with Crippen LogP contribution in [0.5, 0.6) is 0 Å². The molecular formula is C89H174O17P2. The second-order valence-electron chi connectivity index (χ2n) is 33.4. The molecule has 0 rings (SSSR count). The molecule has 0 fully saturated rings. The van der Waals surface area contributed by atoms with Gasteiger partial charge in [-0.25, -0.2) is 9.13 Å². The van der Waals surface area contributed by atoms with Crippen molar-refractivity contribution < 1.29 is 80.2 Å². The van der Waals surface area contributed by atoms with Crippen molar-refractivity contribution in [3.63, 3.8) is 0 Å². The standard InChI is InChI=1S/C89H174O17P2/c1-8-9-10-11-12-13-14-15-16-17-18-26-31-36-43-51-58-65-72-89(94)106-85(77-100-87(92)71-64-57-50-45-38-41-48-55-62-69-82(6)7)79-104-108(97,98)102-75-83(90)74-101-107(95,96)103-78-84(105-88(93)73-66-59-52-44-37-32-27-22-20-24-29-34-40-47-54-61-68-81(4)5)76-99-86(91)70-63-56-49-42-35-30-25-21-19-23-28-33-39-46-53-60-67-80(2)3/h80-85,90H,8-79H2,1-7H3,(H,95,96)(H,97,98)/t83-,84-,85-/m1/s1. The number of phosphoric ester groups is 2. The number of aliphatic hydroxyl groups is 1. The van der Waals surface area contributed by atoms with Crippen LogP contribution >= 0.6 is 15.6 Å². The lowest BCUT2D eigenvalue weighted by atomic mass is 10.0. The van der Waals surface area contributed by atoms with Crippen molar-refractivity contribution in [3.8, 4) is 0 Å². The molecule has 2 unspecified atom stereocenters. The Bertz CT molecular complexity index is 2080. The summed E-state index contributed by atoms with van der Waals surface area (Å²) in [7, 11) is -9.93. The van der Waals surface area contributed by atoms with Gasteiger partial charge in [-0.1, -0.05) is 421 Å². The van der Waals surface area contributed by atoms with Crippen molar-refractivity contribution in [2.75, 3.05) is 39.6 Å². The number of ether oxygens (including phenoxy) is 4. The van der Waals surface area contributed by atoms with Crippen LogP contribution in [0.25, 0.3) is 0 Å². The number of carbonyl (C=O) groups excluding carboxylic acids is 4. The SMILES string of the molecule is CCCCCCCCCCCCCCCCCCCCC(=O)O[C@H](COC(=O)CCCCCCCCCCCC(C)C)COP(=O)(O)OC[C@H](O)COP(=O)(O)OC[C@@H](COC(=O)CCCCCCCCCCCCCCCCCCC(C)C)OC(=O)CCCCCCCCCCCCCCCCCCC(C)C. The second kappa shape index (κ2) is 78.9. The lowest BCUT2D eigenvalue weighted by Crippen LogP contribution is -2.30. The maximum Gasteiger partial charge on any atom is 0.472 e. The molecule has 0 amide bonds. The van der Waals surface area contributed by atoms with Gasteiger partial charge in [0.15, 0.2) is 12.2 Å². The lowest BCUT2D eigenvalue weighted by molar-refractivity contribution is -0.161. The minimum atomic E-state index is -4.97. The summed E-state index contributed by atoms with van der Waals surface area (Å²) in [6.45, 7) is 12.0. The molecule has 0 aliphatic rings. The van der Waals surface area contributed by atoms with Crippen molar-refractivity contribution >= 4 is 39.5 Å². The zero-order valence-corrected chi connectivity index (χ0v) is 73.1. The maximum atomic E-state index is 13.2. The average molecular weight is 1580 g/mol. The van der Waals surface area contributed by atoms with Gasteiger partial charge in [0.25, 0.3) is 0 Å². The van der Waals surface area contributed by atoms with E-state index >= 15 is 0 Å². The van der Waals surface area contributed by atoms with Gasteiger partial charge in [-0.2, -0.15) is 0 Å². The highest BCUT2D eigenvalue weighted by molar-refractivity contribution is 7.47. The van der Waals surface area contributed by atoms with E-state index in [1.165, 1.54) is 283 Å². The van der Waals surface area contributed by atoms with E-state index in [1.807, 2.05) is 0 Å². The maximum absolute atomic E-state index is 13.2. The Balaban J connectivity index is 5.26. The molecule has 19 heteroatoms. The van der Waals surface area contributed by atoms with Crippen LogP contribution in [0.1, 0.15) is 472 Å². The fourth-order valence-corrected chi connectivity index (χ4v) is 15.5. The number of unbranched alkanes of at least 4 members (excludes halogenated alkanes) is 55. The first-order valence-electron chi connectivity index (χ1n) is 45.8. The van der Waals surface area contributed by atoms with Crippen LogP contribution in [0.3, 0.4) is 0 Å². The molecular weight excluding hydrogens is 1400 g/mol. The van der Waals surface area contributed by atoms with Gasteiger partial charge in [0.05, 0.1) is 26.4 Å². The van der Waals surface area contributed by atoms with E-state index in [1.54, 1.807) is 0 Å². The quantitative estimate of drug-likeness (QED) is 0.0222. The molecule has 0 aliphatic heterocycles. The summed E-state index contributed by atoms with van der Waals surface area (Å²) < 4.78 is 69.0. The highest BCUT2D eigenvalue weighted by Crippen LogP contribution is 2.45. The summed E-state index contributed by atoms with van der Waals surface area (Å²) in [5.41, 5.74) is 0. The van der Waals surface area contributed by atoms with E-state index in [9.17, 15) is 43.2 Å². The molecule has 642 valence electrons. The van der Waals surface area contributed by atoms with Crippen LogP contribution < -0.4 is 0 Å². The fraction of sp³-hybridized carbons (Fsp3) is 0.955. The molecule has 0 aromatic heterocycles. The van der Waals surface area contributed by atoms with Crippen molar-refractivity contribution in [1.29, 1.82) is 0 Å². The molecule has 17 nitrogen and oxygen atoms in total. The van der Waals surface area contributed by atoms with Gasteiger partial charge < -0.3 is 33.8 Å². The highest BCUT2D eigenvalue weighted by Gasteiger charge is 2.31. The topological polar surface area (TPSA) is 237 Å². The number of rotatable bonds is 87. The van der Waals surface area contributed by atoms with Crippen LogP contribution in [0.2, 0.25) is 0 Å². The van der Waals surface area contributed by atoms with Crippen molar-refractivity contribution in [1.82, 2.24) is 0 Å². The Morgan fingerprint density at radius 2 is 0.426 bits per heavy atom. The third-order valence-corrected chi connectivity index (χ3v) is 22.8. The zero-order chi connectivity index (χ0) is 79.3. The van der Waals surface area contributed by atoms with Gasteiger partial charge >= 0.3 is 39.5 Å². The van der Waals surface area contributed by atoms with Crippen LogP contribution in [-0.2, 0) is 65.4 Å². The van der Waals surface area contributed by atoms with E-state index in [0.717, 1.165) is 108 Å². The Morgan fingerprint density at radius 3 is 0.630 bits per heavy atom. The molecule has 0 aromatic carbocycles. The Kier molecular flexibility index (Phi) is 77.5. The molecule has 3 N–H and O–H groups in total. The first-order valence-corrected chi connectivity index (χ1v) is 48.8. The Labute approximate surface area is 664 Å². The van der Waals surface area contributed by atoms with Gasteiger partial charge in [-0.3, -0.25) is 37.3 Å². The third kappa shape index (κ3) is 82.1. The number of esters is 4. The molecule has 0 saturated heterocycles. The van der Waals surface area contributed by atoms with Gasteiger partial charge in [0.2, 0.25) is 0 Å². The van der Waals surface area contributed by atoms with E-state index in [0.29, 0.717) is 25.7 Å². The van der Waals surface area contributed by atoms with E-state index in [2.05, 4.69) is 48.5 Å². The van der Waals surface area contributed by atoms with E-state index < -0.39 is 97.5 Å². The molecule has 0 spiro atoms. The molecule has 0 saturated carbocycles. The van der Waals surface area contributed by atoms with Crippen LogP contribution in [-0.4, -0.2) is 96.7 Å². The van der Waals surface area contributed by atoms with Crippen LogP contribution in [0.4, 0.5) is 0 Å². The molecule has 0 aromatic rings.